The summed E-state index contributed by atoms with van der Waals surface area (Å²) in [7, 11) is -1.39. The molecule has 0 aromatic carbocycles. The van der Waals surface area contributed by atoms with E-state index < -0.39 is 9.84 Å². The minimum Gasteiger partial charge on any atom is -0.385 e. The monoisotopic (exact) mass is 223 g/mol. The van der Waals surface area contributed by atoms with Gasteiger partial charge in [0.15, 0.2) is 9.84 Å². The molecule has 0 amide bonds. The normalized spacial score (nSPS) is 14.2. The van der Waals surface area contributed by atoms with Crippen molar-refractivity contribution in [2.75, 3.05) is 26.0 Å². The van der Waals surface area contributed by atoms with Crippen LogP contribution in [0.15, 0.2) is 0 Å². The van der Waals surface area contributed by atoms with Crippen LogP contribution >= 0.6 is 0 Å². The molecule has 0 saturated carbocycles. The zero-order valence-corrected chi connectivity index (χ0v) is 9.85. The predicted molar refractivity (Wildman–Crippen MR) is 58.0 cm³/mol. The molecular formula is C9H21NO3S. The molecule has 0 aliphatic carbocycles. The van der Waals surface area contributed by atoms with E-state index in [1.54, 1.807) is 7.11 Å². The summed E-state index contributed by atoms with van der Waals surface area (Å²) in [5.74, 6) is 0.208. The lowest BCUT2D eigenvalue weighted by molar-refractivity contribution is 0.199. The van der Waals surface area contributed by atoms with E-state index in [0.29, 0.717) is 32.4 Å². The van der Waals surface area contributed by atoms with Gasteiger partial charge < -0.3 is 10.5 Å². The number of ether oxygens (including phenoxy) is 1. The average molecular weight is 223 g/mol. The topological polar surface area (TPSA) is 69.4 Å². The summed E-state index contributed by atoms with van der Waals surface area (Å²) in [5.41, 5.74) is 5.37. The first kappa shape index (κ1) is 13.9. The molecule has 0 aliphatic heterocycles. The standard InChI is InChI=1S/C9H21NO3S/c1-3-9(5-6-10)14(11,12)8-4-7-13-2/h9H,3-8,10H2,1-2H3. The molecule has 0 fully saturated rings. The highest BCUT2D eigenvalue weighted by molar-refractivity contribution is 7.92. The van der Waals surface area contributed by atoms with Crippen molar-refractivity contribution in [1.82, 2.24) is 0 Å². The van der Waals surface area contributed by atoms with Gasteiger partial charge in [-0.05, 0) is 25.8 Å². The van der Waals surface area contributed by atoms with E-state index in [1.165, 1.54) is 0 Å². The molecule has 1 unspecified atom stereocenters. The lowest BCUT2D eigenvalue weighted by atomic mass is 10.2. The Morgan fingerprint density at radius 1 is 1.43 bits per heavy atom. The van der Waals surface area contributed by atoms with Crippen molar-refractivity contribution in [2.45, 2.75) is 31.4 Å². The summed E-state index contributed by atoms with van der Waals surface area (Å²) >= 11 is 0. The second-order valence-corrected chi connectivity index (χ2v) is 5.72. The molecule has 0 heterocycles. The molecule has 0 spiro atoms. The SMILES string of the molecule is CCC(CCN)S(=O)(=O)CCCOC. The molecule has 0 bridgehead atoms. The smallest absolute Gasteiger partial charge is 0.153 e. The Labute approximate surface area is 86.7 Å². The van der Waals surface area contributed by atoms with Crippen LogP contribution < -0.4 is 5.73 Å². The summed E-state index contributed by atoms with van der Waals surface area (Å²) < 4.78 is 28.3. The fourth-order valence-corrected chi connectivity index (χ4v) is 3.25. The summed E-state index contributed by atoms with van der Waals surface area (Å²) in [4.78, 5) is 0. The molecule has 4 nitrogen and oxygen atoms in total. The molecule has 0 aliphatic rings. The number of hydrogen-bond donors (Lipinski definition) is 1. The molecule has 0 rings (SSSR count). The van der Waals surface area contributed by atoms with Crippen LogP contribution in [0, 0.1) is 0 Å². The largest absolute Gasteiger partial charge is 0.385 e. The first-order valence-electron chi connectivity index (χ1n) is 4.99. The Morgan fingerprint density at radius 2 is 2.07 bits per heavy atom. The Bertz CT molecular complexity index is 226. The van der Waals surface area contributed by atoms with Gasteiger partial charge in [0, 0.05) is 13.7 Å². The molecule has 0 saturated heterocycles. The Morgan fingerprint density at radius 3 is 2.50 bits per heavy atom. The average Bonchev–Trinajstić information content (AvgIpc) is 2.14. The first-order chi connectivity index (χ1) is 6.58. The van der Waals surface area contributed by atoms with Gasteiger partial charge in [0.2, 0.25) is 0 Å². The highest BCUT2D eigenvalue weighted by Crippen LogP contribution is 2.11. The van der Waals surface area contributed by atoms with E-state index in [1.807, 2.05) is 6.92 Å². The molecule has 14 heavy (non-hydrogen) atoms. The number of methoxy groups -OCH3 is 1. The van der Waals surface area contributed by atoms with Gasteiger partial charge in [0.1, 0.15) is 0 Å². The second kappa shape index (κ2) is 7.20. The molecular weight excluding hydrogens is 202 g/mol. The first-order valence-corrected chi connectivity index (χ1v) is 6.70. The van der Waals surface area contributed by atoms with E-state index in [9.17, 15) is 8.42 Å². The predicted octanol–water partition coefficient (Wildman–Crippen LogP) is 0.565. The quantitative estimate of drug-likeness (QED) is 0.611. The van der Waals surface area contributed by atoms with Crippen molar-refractivity contribution < 1.29 is 13.2 Å². The van der Waals surface area contributed by atoms with Crippen molar-refractivity contribution >= 4 is 9.84 Å². The van der Waals surface area contributed by atoms with E-state index in [4.69, 9.17) is 10.5 Å². The number of hydrogen-bond acceptors (Lipinski definition) is 4. The van der Waals surface area contributed by atoms with Gasteiger partial charge in [-0.25, -0.2) is 8.42 Å². The summed E-state index contributed by atoms with van der Waals surface area (Å²) in [6.45, 7) is 2.81. The number of sulfone groups is 1. The van der Waals surface area contributed by atoms with Crippen LogP contribution in [-0.4, -0.2) is 39.7 Å². The lowest BCUT2D eigenvalue weighted by Crippen LogP contribution is -2.26. The summed E-state index contributed by atoms with van der Waals surface area (Å²) in [5, 5.41) is -0.274. The van der Waals surface area contributed by atoms with Crippen molar-refractivity contribution in [3.05, 3.63) is 0 Å². The number of rotatable bonds is 8. The minimum absolute atomic E-state index is 0.208. The molecule has 0 radical (unpaired) electrons. The molecule has 0 aromatic rings. The van der Waals surface area contributed by atoms with Gasteiger partial charge in [-0.2, -0.15) is 0 Å². The highest BCUT2D eigenvalue weighted by atomic mass is 32.2. The van der Waals surface area contributed by atoms with Crippen LogP contribution in [-0.2, 0) is 14.6 Å². The van der Waals surface area contributed by atoms with Gasteiger partial charge >= 0.3 is 0 Å². The van der Waals surface area contributed by atoms with Crippen molar-refractivity contribution in [2.24, 2.45) is 5.73 Å². The van der Waals surface area contributed by atoms with Crippen molar-refractivity contribution in [3.63, 3.8) is 0 Å². The molecule has 2 N–H and O–H groups in total. The van der Waals surface area contributed by atoms with Crippen molar-refractivity contribution in [1.29, 1.82) is 0 Å². The fourth-order valence-electron chi connectivity index (χ4n) is 1.39. The maximum atomic E-state index is 11.7. The molecule has 5 heteroatoms. The molecule has 1 atom stereocenters. The fraction of sp³-hybridized carbons (Fsp3) is 1.00. The van der Waals surface area contributed by atoms with Gasteiger partial charge in [-0.3, -0.25) is 0 Å². The van der Waals surface area contributed by atoms with Gasteiger partial charge in [-0.1, -0.05) is 6.92 Å². The van der Waals surface area contributed by atoms with E-state index in [2.05, 4.69) is 0 Å². The molecule has 0 aromatic heterocycles. The minimum atomic E-state index is -2.97. The van der Waals surface area contributed by atoms with Crippen LogP contribution in [0.25, 0.3) is 0 Å². The Balaban J connectivity index is 4.12. The Kier molecular flexibility index (Phi) is 7.13. The lowest BCUT2D eigenvalue weighted by Gasteiger charge is -2.14. The summed E-state index contributed by atoms with van der Waals surface area (Å²) in [6, 6.07) is 0. The van der Waals surface area contributed by atoms with Gasteiger partial charge in [-0.15, -0.1) is 0 Å². The van der Waals surface area contributed by atoms with Crippen LogP contribution in [0.1, 0.15) is 26.2 Å². The maximum absolute atomic E-state index is 11.7. The van der Waals surface area contributed by atoms with E-state index >= 15 is 0 Å². The van der Waals surface area contributed by atoms with Crippen LogP contribution in [0.4, 0.5) is 0 Å². The van der Waals surface area contributed by atoms with Crippen LogP contribution in [0.5, 0.6) is 0 Å². The van der Waals surface area contributed by atoms with Gasteiger partial charge in [0.05, 0.1) is 11.0 Å². The van der Waals surface area contributed by atoms with Gasteiger partial charge in [0.25, 0.3) is 0 Å². The summed E-state index contributed by atoms with van der Waals surface area (Å²) in [6.07, 6.45) is 1.78. The van der Waals surface area contributed by atoms with Crippen LogP contribution in [0.3, 0.4) is 0 Å². The third-order valence-electron chi connectivity index (χ3n) is 2.23. The van der Waals surface area contributed by atoms with Crippen molar-refractivity contribution in [3.8, 4) is 0 Å². The van der Waals surface area contributed by atoms with E-state index in [-0.39, 0.29) is 11.0 Å². The zero-order valence-electron chi connectivity index (χ0n) is 9.03. The van der Waals surface area contributed by atoms with E-state index in [0.717, 1.165) is 0 Å². The van der Waals surface area contributed by atoms with Crippen LogP contribution in [0.2, 0.25) is 0 Å². The second-order valence-electron chi connectivity index (χ2n) is 3.32. The zero-order chi connectivity index (χ0) is 11.0. The molecule has 86 valence electrons. The highest BCUT2D eigenvalue weighted by Gasteiger charge is 2.22. The Hall–Kier alpha value is -0.130. The third-order valence-corrected chi connectivity index (χ3v) is 4.67. The third kappa shape index (κ3) is 4.93. The number of nitrogens with two attached hydrogens (primary N) is 1. The maximum Gasteiger partial charge on any atom is 0.153 e.